The highest BCUT2D eigenvalue weighted by atomic mass is 35.5. The maximum absolute atomic E-state index is 10.8. The molecular weight excluding hydrogens is 230 g/mol. The van der Waals surface area contributed by atoms with Gasteiger partial charge in [-0.2, -0.15) is 5.26 Å². The summed E-state index contributed by atoms with van der Waals surface area (Å²) in [6.45, 7) is 4.91. The van der Waals surface area contributed by atoms with Gasteiger partial charge in [-0.05, 0) is 19.1 Å². The Labute approximate surface area is 99.4 Å². The summed E-state index contributed by atoms with van der Waals surface area (Å²) < 4.78 is 9.32. The van der Waals surface area contributed by atoms with E-state index in [0.29, 0.717) is 5.03 Å². The summed E-state index contributed by atoms with van der Waals surface area (Å²) in [6.07, 6.45) is 2.99. The number of hydrogen-bond acceptors (Lipinski definition) is 4. The van der Waals surface area contributed by atoms with E-state index in [4.69, 9.17) is 21.6 Å². The van der Waals surface area contributed by atoms with E-state index in [1.807, 2.05) is 6.07 Å². The summed E-state index contributed by atoms with van der Waals surface area (Å²) in [6, 6.07) is 1.88. The molecular formula is C11H12ClNO3. The predicted molar refractivity (Wildman–Crippen MR) is 60.4 cm³/mol. The van der Waals surface area contributed by atoms with E-state index >= 15 is 0 Å². The molecule has 0 aromatic heterocycles. The minimum Gasteiger partial charge on any atom is -0.481 e. The molecule has 0 radical (unpaired) electrons. The molecule has 0 saturated heterocycles. The van der Waals surface area contributed by atoms with Crippen LogP contribution in [0.1, 0.15) is 6.92 Å². The van der Waals surface area contributed by atoms with E-state index in [9.17, 15) is 4.79 Å². The van der Waals surface area contributed by atoms with Crippen LogP contribution in [0.15, 0.2) is 35.1 Å². The van der Waals surface area contributed by atoms with Crippen LogP contribution in [0.2, 0.25) is 0 Å². The third kappa shape index (κ3) is 5.89. The number of nitriles is 1. The standard InChI is InChI=1S/C11H12ClNO3/c1-8(12)4-5-10(6-13)9(2)16-7-11(14)15-3/h4-5H,2,7H2,1,3H3/b8-4+,10-5-. The fourth-order valence-corrected chi connectivity index (χ4v) is 0.736. The number of halogens is 1. The number of carbonyl (C=O) groups is 1. The molecule has 0 aliphatic carbocycles. The van der Waals surface area contributed by atoms with Crippen molar-refractivity contribution in [3.05, 3.63) is 35.1 Å². The lowest BCUT2D eigenvalue weighted by atomic mass is 10.2. The van der Waals surface area contributed by atoms with E-state index in [2.05, 4.69) is 11.3 Å². The van der Waals surface area contributed by atoms with Crippen molar-refractivity contribution in [1.29, 1.82) is 5.26 Å². The van der Waals surface area contributed by atoms with Crippen molar-refractivity contribution in [1.82, 2.24) is 0 Å². The largest absolute Gasteiger partial charge is 0.481 e. The van der Waals surface area contributed by atoms with Crippen LogP contribution in [0.3, 0.4) is 0 Å². The zero-order valence-electron chi connectivity index (χ0n) is 9.12. The number of esters is 1. The number of ether oxygens (including phenoxy) is 2. The maximum atomic E-state index is 10.8. The fraction of sp³-hybridized carbons (Fsp3) is 0.273. The lowest BCUT2D eigenvalue weighted by molar-refractivity contribution is -0.144. The molecule has 0 N–H and O–H groups in total. The number of carbonyl (C=O) groups excluding carboxylic acids is 1. The van der Waals surface area contributed by atoms with Gasteiger partial charge < -0.3 is 9.47 Å². The third-order valence-electron chi connectivity index (χ3n) is 1.49. The average Bonchev–Trinajstić information content (AvgIpc) is 2.26. The van der Waals surface area contributed by atoms with E-state index in [1.54, 1.807) is 6.92 Å². The Morgan fingerprint density at radius 3 is 2.62 bits per heavy atom. The number of nitrogens with zero attached hydrogens (tertiary/aromatic N) is 1. The predicted octanol–water partition coefficient (Wildman–Crippen LogP) is 2.28. The SMILES string of the molecule is C=C(OCC(=O)OC)/C(C#N)=C\C=C(/C)Cl. The first-order valence-corrected chi connectivity index (χ1v) is 4.72. The minimum atomic E-state index is -0.539. The second-order valence-corrected chi connectivity index (χ2v) is 3.33. The average molecular weight is 242 g/mol. The first-order valence-electron chi connectivity index (χ1n) is 4.34. The van der Waals surface area contributed by atoms with Crippen molar-refractivity contribution in [2.75, 3.05) is 13.7 Å². The molecule has 0 aromatic carbocycles. The van der Waals surface area contributed by atoms with Gasteiger partial charge in [0.1, 0.15) is 11.8 Å². The smallest absolute Gasteiger partial charge is 0.343 e. The molecule has 0 atom stereocenters. The molecule has 0 spiro atoms. The molecule has 0 bridgehead atoms. The van der Waals surface area contributed by atoms with Crippen LogP contribution in [0, 0.1) is 11.3 Å². The van der Waals surface area contributed by atoms with Gasteiger partial charge in [-0.3, -0.25) is 0 Å². The van der Waals surface area contributed by atoms with Gasteiger partial charge in [-0.15, -0.1) is 0 Å². The molecule has 0 aromatic rings. The van der Waals surface area contributed by atoms with Crippen molar-refractivity contribution < 1.29 is 14.3 Å². The van der Waals surface area contributed by atoms with Gasteiger partial charge >= 0.3 is 5.97 Å². The lowest BCUT2D eigenvalue weighted by Gasteiger charge is -2.05. The van der Waals surface area contributed by atoms with Crippen LogP contribution in [0.5, 0.6) is 0 Å². The quantitative estimate of drug-likeness (QED) is 0.321. The van der Waals surface area contributed by atoms with Crippen molar-refractivity contribution in [2.24, 2.45) is 0 Å². The third-order valence-corrected chi connectivity index (χ3v) is 1.62. The fourth-order valence-electron chi connectivity index (χ4n) is 0.673. The Morgan fingerprint density at radius 2 is 2.19 bits per heavy atom. The van der Waals surface area contributed by atoms with Gasteiger partial charge in [0.25, 0.3) is 0 Å². The Morgan fingerprint density at radius 1 is 1.56 bits per heavy atom. The first kappa shape index (κ1) is 14.3. The molecule has 0 saturated carbocycles. The van der Waals surface area contributed by atoms with Crippen LogP contribution in [0.25, 0.3) is 0 Å². The van der Waals surface area contributed by atoms with Crippen molar-refractivity contribution in [3.8, 4) is 6.07 Å². The van der Waals surface area contributed by atoms with Gasteiger partial charge in [0.2, 0.25) is 0 Å². The van der Waals surface area contributed by atoms with Crippen LogP contribution >= 0.6 is 11.6 Å². The molecule has 0 amide bonds. The first-order chi connectivity index (χ1) is 7.51. The number of rotatable bonds is 5. The van der Waals surface area contributed by atoms with E-state index < -0.39 is 5.97 Å². The molecule has 0 aliphatic rings. The molecule has 0 heterocycles. The molecule has 16 heavy (non-hydrogen) atoms. The summed E-state index contributed by atoms with van der Waals surface area (Å²) in [5.41, 5.74) is 0.198. The molecule has 5 heteroatoms. The molecule has 0 fully saturated rings. The zero-order chi connectivity index (χ0) is 12.6. The van der Waals surface area contributed by atoms with Gasteiger partial charge in [0.05, 0.1) is 12.7 Å². The van der Waals surface area contributed by atoms with E-state index in [1.165, 1.54) is 19.3 Å². The summed E-state index contributed by atoms with van der Waals surface area (Å²) in [4.78, 5) is 10.8. The second-order valence-electron chi connectivity index (χ2n) is 2.73. The van der Waals surface area contributed by atoms with Gasteiger partial charge in [-0.25, -0.2) is 4.79 Å². The highest BCUT2D eigenvalue weighted by Crippen LogP contribution is 2.10. The van der Waals surface area contributed by atoms with Crippen LogP contribution in [0.4, 0.5) is 0 Å². The van der Waals surface area contributed by atoms with Crippen molar-refractivity contribution in [2.45, 2.75) is 6.92 Å². The van der Waals surface area contributed by atoms with Gasteiger partial charge in [-0.1, -0.05) is 18.2 Å². The summed E-state index contributed by atoms with van der Waals surface area (Å²) in [5, 5.41) is 9.31. The van der Waals surface area contributed by atoms with Crippen molar-refractivity contribution in [3.63, 3.8) is 0 Å². The second kappa shape index (κ2) is 7.55. The Hall–Kier alpha value is -1.73. The van der Waals surface area contributed by atoms with Crippen molar-refractivity contribution >= 4 is 17.6 Å². The normalized spacial score (nSPS) is 11.6. The number of hydrogen-bond donors (Lipinski definition) is 0. The number of methoxy groups -OCH3 is 1. The maximum Gasteiger partial charge on any atom is 0.343 e. The summed E-state index contributed by atoms with van der Waals surface area (Å²) in [5.74, 6) is -0.440. The highest BCUT2D eigenvalue weighted by Gasteiger charge is 2.06. The molecule has 0 unspecified atom stereocenters. The van der Waals surface area contributed by atoms with E-state index in [0.717, 1.165) is 0 Å². The Balaban J connectivity index is 4.46. The molecule has 0 aliphatic heterocycles. The van der Waals surface area contributed by atoms with Gasteiger partial charge in [0, 0.05) is 5.03 Å². The Kier molecular flexibility index (Phi) is 6.73. The summed E-state index contributed by atoms with van der Waals surface area (Å²) >= 11 is 5.60. The number of allylic oxidation sites excluding steroid dienone is 4. The lowest BCUT2D eigenvalue weighted by Crippen LogP contribution is -2.10. The van der Waals surface area contributed by atoms with Gasteiger partial charge in [0.15, 0.2) is 6.61 Å². The van der Waals surface area contributed by atoms with E-state index in [-0.39, 0.29) is 17.9 Å². The van der Waals surface area contributed by atoms with Crippen LogP contribution in [-0.4, -0.2) is 19.7 Å². The summed E-state index contributed by atoms with van der Waals surface area (Å²) in [7, 11) is 1.25. The molecule has 86 valence electrons. The highest BCUT2D eigenvalue weighted by molar-refractivity contribution is 6.29. The monoisotopic (exact) mass is 241 g/mol. The molecule has 0 rings (SSSR count). The topological polar surface area (TPSA) is 59.3 Å². The minimum absolute atomic E-state index is 0.0991. The Bertz CT molecular complexity index is 373. The molecule has 4 nitrogen and oxygen atoms in total. The van der Waals surface area contributed by atoms with Crippen LogP contribution < -0.4 is 0 Å². The van der Waals surface area contributed by atoms with Crippen LogP contribution in [-0.2, 0) is 14.3 Å². The zero-order valence-corrected chi connectivity index (χ0v) is 9.87.